The highest BCUT2D eigenvalue weighted by molar-refractivity contribution is 5.52. The van der Waals surface area contributed by atoms with Crippen molar-refractivity contribution in [1.82, 2.24) is 4.98 Å². The summed E-state index contributed by atoms with van der Waals surface area (Å²) in [7, 11) is 0. The van der Waals surface area contributed by atoms with E-state index in [4.69, 9.17) is 10.4 Å². The van der Waals surface area contributed by atoms with E-state index >= 15 is 0 Å². The van der Waals surface area contributed by atoms with E-state index in [9.17, 15) is 0 Å². The molecule has 1 saturated heterocycles. The Morgan fingerprint density at radius 1 is 1.57 bits per heavy atom. The lowest BCUT2D eigenvalue weighted by Crippen LogP contribution is -2.50. The Labute approximate surface area is 82.4 Å². The largest absolute Gasteiger partial charge is 0.389 e. The maximum absolute atomic E-state index is 9.15. The van der Waals surface area contributed by atoms with Gasteiger partial charge in [0.1, 0.15) is 11.8 Å². The van der Waals surface area contributed by atoms with Crippen molar-refractivity contribution in [2.75, 3.05) is 18.0 Å². The van der Waals surface area contributed by atoms with Crippen molar-refractivity contribution in [1.29, 1.82) is 5.26 Å². The lowest BCUT2D eigenvalue weighted by Gasteiger charge is -2.37. The molecule has 2 rings (SSSR count). The van der Waals surface area contributed by atoms with Crippen LogP contribution in [-0.4, -0.2) is 29.3 Å². The van der Waals surface area contributed by atoms with Crippen molar-refractivity contribution in [3.63, 3.8) is 0 Å². The average molecular weight is 189 g/mol. The van der Waals surface area contributed by atoms with E-state index in [-0.39, 0.29) is 6.10 Å². The number of nitrogens with zero attached hydrogens (tertiary/aromatic N) is 3. The summed E-state index contributed by atoms with van der Waals surface area (Å²) in [6, 6.07) is 5.69. The molecule has 1 aromatic heterocycles. The van der Waals surface area contributed by atoms with Crippen LogP contribution in [-0.2, 0) is 0 Å². The van der Waals surface area contributed by atoms with Crippen LogP contribution in [0.1, 0.15) is 11.4 Å². The molecule has 0 unspecified atom stereocenters. The molecule has 0 aliphatic carbocycles. The van der Waals surface area contributed by atoms with Gasteiger partial charge < -0.3 is 10.0 Å². The summed E-state index contributed by atoms with van der Waals surface area (Å²) in [6.45, 7) is 3.16. The molecule has 2 heterocycles. The van der Waals surface area contributed by atoms with Crippen LogP contribution in [0.5, 0.6) is 0 Å². The summed E-state index contributed by atoms with van der Waals surface area (Å²) in [4.78, 5) is 6.09. The normalized spacial score (nSPS) is 16.2. The molecule has 14 heavy (non-hydrogen) atoms. The summed E-state index contributed by atoms with van der Waals surface area (Å²) < 4.78 is 0. The van der Waals surface area contributed by atoms with Gasteiger partial charge in [-0.3, -0.25) is 0 Å². The first-order valence-corrected chi connectivity index (χ1v) is 4.51. The third-order valence-electron chi connectivity index (χ3n) is 2.28. The van der Waals surface area contributed by atoms with Crippen molar-refractivity contribution in [2.24, 2.45) is 0 Å². The molecular weight excluding hydrogens is 178 g/mol. The van der Waals surface area contributed by atoms with Gasteiger partial charge in [0.2, 0.25) is 0 Å². The van der Waals surface area contributed by atoms with E-state index in [1.807, 2.05) is 24.0 Å². The number of hydrogen-bond acceptors (Lipinski definition) is 4. The summed E-state index contributed by atoms with van der Waals surface area (Å²) in [5.74, 6) is 0. The van der Waals surface area contributed by atoms with Gasteiger partial charge in [0.05, 0.1) is 6.10 Å². The zero-order chi connectivity index (χ0) is 10.1. The Balaban J connectivity index is 2.26. The Hall–Kier alpha value is -1.60. The second-order valence-electron chi connectivity index (χ2n) is 3.52. The monoisotopic (exact) mass is 189 g/mol. The lowest BCUT2D eigenvalue weighted by atomic mass is 10.1. The third kappa shape index (κ3) is 1.54. The fourth-order valence-electron chi connectivity index (χ4n) is 1.56. The number of aromatic nitrogens is 1. The molecule has 1 aliphatic rings. The summed E-state index contributed by atoms with van der Waals surface area (Å²) >= 11 is 0. The van der Waals surface area contributed by atoms with Gasteiger partial charge in [0.15, 0.2) is 0 Å². The van der Waals surface area contributed by atoms with Crippen LogP contribution in [0.25, 0.3) is 0 Å². The molecule has 0 amide bonds. The standard InChI is InChI=1S/C10H11N3O/c1-7-2-9(3-8(4-11)12-7)13-5-10(14)6-13/h2-3,10,14H,5-6H2,1H3. The summed E-state index contributed by atoms with van der Waals surface area (Å²) in [5, 5.41) is 17.9. The first kappa shape index (κ1) is 8.97. The zero-order valence-electron chi connectivity index (χ0n) is 7.94. The highest BCUT2D eigenvalue weighted by Gasteiger charge is 2.24. The zero-order valence-corrected chi connectivity index (χ0v) is 7.94. The van der Waals surface area contributed by atoms with Crippen LogP contribution in [0.4, 0.5) is 5.69 Å². The Bertz CT molecular complexity index is 391. The maximum Gasteiger partial charge on any atom is 0.142 e. The van der Waals surface area contributed by atoms with Crippen LogP contribution < -0.4 is 4.90 Å². The SMILES string of the molecule is Cc1cc(N2CC(O)C2)cc(C#N)n1. The molecule has 4 heteroatoms. The molecule has 1 aliphatic heterocycles. The molecule has 0 radical (unpaired) electrons. The molecule has 0 atom stereocenters. The number of hydrogen-bond donors (Lipinski definition) is 1. The molecule has 4 nitrogen and oxygen atoms in total. The van der Waals surface area contributed by atoms with Gasteiger partial charge in [-0.1, -0.05) is 0 Å². The van der Waals surface area contributed by atoms with E-state index in [2.05, 4.69) is 4.98 Å². The number of pyridine rings is 1. The fraction of sp³-hybridized carbons (Fsp3) is 0.400. The van der Waals surface area contributed by atoms with Crippen molar-refractivity contribution < 1.29 is 5.11 Å². The first-order chi connectivity index (χ1) is 6.69. The topological polar surface area (TPSA) is 60.1 Å². The third-order valence-corrected chi connectivity index (χ3v) is 2.28. The predicted molar refractivity (Wildman–Crippen MR) is 51.9 cm³/mol. The van der Waals surface area contributed by atoms with Gasteiger partial charge in [-0.05, 0) is 19.1 Å². The molecule has 1 N–H and O–H groups in total. The summed E-state index contributed by atoms with van der Waals surface area (Å²) in [5.41, 5.74) is 2.24. The highest BCUT2D eigenvalue weighted by atomic mass is 16.3. The van der Waals surface area contributed by atoms with Crippen LogP contribution in [0.3, 0.4) is 0 Å². The van der Waals surface area contributed by atoms with E-state index in [1.54, 1.807) is 6.07 Å². The van der Waals surface area contributed by atoms with E-state index in [0.29, 0.717) is 18.8 Å². The Morgan fingerprint density at radius 3 is 2.86 bits per heavy atom. The van der Waals surface area contributed by atoms with Gasteiger partial charge >= 0.3 is 0 Å². The van der Waals surface area contributed by atoms with Crippen molar-refractivity contribution in [3.05, 3.63) is 23.5 Å². The van der Waals surface area contributed by atoms with Crippen molar-refractivity contribution in [3.8, 4) is 6.07 Å². The number of aryl methyl sites for hydroxylation is 1. The number of aliphatic hydroxyl groups excluding tert-OH is 1. The van der Waals surface area contributed by atoms with E-state index in [1.165, 1.54) is 0 Å². The number of anilines is 1. The van der Waals surface area contributed by atoms with Crippen LogP contribution in [0.15, 0.2) is 12.1 Å². The Morgan fingerprint density at radius 2 is 2.29 bits per heavy atom. The molecule has 0 saturated carbocycles. The van der Waals surface area contributed by atoms with Gasteiger partial charge in [-0.15, -0.1) is 0 Å². The minimum atomic E-state index is -0.228. The van der Waals surface area contributed by atoms with Crippen LogP contribution in [0, 0.1) is 18.3 Å². The van der Waals surface area contributed by atoms with Crippen LogP contribution in [0.2, 0.25) is 0 Å². The maximum atomic E-state index is 9.15. The lowest BCUT2D eigenvalue weighted by molar-refractivity contribution is 0.142. The van der Waals surface area contributed by atoms with Crippen LogP contribution >= 0.6 is 0 Å². The second-order valence-corrected chi connectivity index (χ2v) is 3.52. The molecule has 1 fully saturated rings. The van der Waals surface area contributed by atoms with Gasteiger partial charge in [0.25, 0.3) is 0 Å². The fourth-order valence-corrected chi connectivity index (χ4v) is 1.56. The number of rotatable bonds is 1. The van der Waals surface area contributed by atoms with Gasteiger partial charge in [-0.2, -0.15) is 5.26 Å². The number of β-amino-alcohol motifs (C(OH)–C–C–N with tert-alkyl or cyclic N) is 1. The molecule has 0 aromatic carbocycles. The second kappa shape index (κ2) is 3.28. The summed E-state index contributed by atoms with van der Waals surface area (Å²) in [6.07, 6.45) is -0.228. The quantitative estimate of drug-likeness (QED) is 0.696. The predicted octanol–water partition coefficient (Wildman–Crippen LogP) is 0.443. The van der Waals surface area contributed by atoms with Gasteiger partial charge in [-0.25, -0.2) is 4.98 Å². The minimum Gasteiger partial charge on any atom is -0.389 e. The minimum absolute atomic E-state index is 0.228. The van der Waals surface area contributed by atoms with Crippen molar-refractivity contribution in [2.45, 2.75) is 13.0 Å². The number of nitriles is 1. The number of aliphatic hydroxyl groups is 1. The molecule has 0 bridgehead atoms. The average Bonchev–Trinajstić information content (AvgIpc) is 2.12. The molecule has 0 spiro atoms. The molecule has 72 valence electrons. The first-order valence-electron chi connectivity index (χ1n) is 4.51. The van der Waals surface area contributed by atoms with Crippen molar-refractivity contribution >= 4 is 5.69 Å². The highest BCUT2D eigenvalue weighted by Crippen LogP contribution is 2.21. The van der Waals surface area contributed by atoms with Gasteiger partial charge in [0, 0.05) is 24.5 Å². The smallest absolute Gasteiger partial charge is 0.142 e. The molecule has 1 aromatic rings. The van der Waals surface area contributed by atoms with E-state index in [0.717, 1.165) is 11.4 Å². The molecular formula is C10H11N3O. The van der Waals surface area contributed by atoms with E-state index < -0.39 is 0 Å². The Kier molecular flexibility index (Phi) is 2.10.